The molecule has 2 fully saturated rings. The van der Waals surface area contributed by atoms with Crippen LogP contribution in [0.15, 0.2) is 51.7 Å². The molecule has 0 aliphatic carbocycles. The summed E-state index contributed by atoms with van der Waals surface area (Å²) >= 11 is 0. The molecule has 0 bridgehead atoms. The summed E-state index contributed by atoms with van der Waals surface area (Å²) in [5, 5.41) is 80.2. The standard InChI is InChI=1S/C26H28O14/c27-8-17-20(31)23(34)25(39-17)36-9-18-21(32)22(33)24(35)26(40-18)37-12-5-13(29)19-14(30)7-15(38-16(19)6-12)10-1-3-11(28)4-2-10/h1-7,17-18,20-29,31-35H,8-9H2/t17-,18+,20+,21-,22+,23-,24+,25-,26-/m1/s1. The predicted molar refractivity (Wildman–Crippen MR) is 132 cm³/mol. The Morgan fingerprint density at radius 2 is 1.43 bits per heavy atom. The minimum Gasteiger partial charge on any atom is -0.508 e. The molecule has 0 radical (unpaired) electrons. The van der Waals surface area contributed by atoms with Crippen molar-refractivity contribution in [2.24, 2.45) is 0 Å². The lowest BCUT2D eigenvalue weighted by molar-refractivity contribution is -0.290. The van der Waals surface area contributed by atoms with Crippen molar-refractivity contribution in [3.05, 3.63) is 52.7 Å². The molecule has 3 aromatic rings. The molecule has 2 aliphatic heterocycles. The largest absolute Gasteiger partial charge is 0.508 e. The Hall–Kier alpha value is -3.31. The van der Waals surface area contributed by atoms with Crippen LogP contribution in [0.2, 0.25) is 0 Å². The molecule has 9 atom stereocenters. The number of aromatic hydroxyl groups is 2. The van der Waals surface area contributed by atoms with E-state index in [0.29, 0.717) is 5.56 Å². The van der Waals surface area contributed by atoms with Crippen LogP contribution in [0.5, 0.6) is 17.2 Å². The fourth-order valence-electron chi connectivity index (χ4n) is 4.56. The molecule has 2 saturated heterocycles. The van der Waals surface area contributed by atoms with E-state index in [1.807, 2.05) is 0 Å². The van der Waals surface area contributed by atoms with E-state index >= 15 is 0 Å². The van der Waals surface area contributed by atoms with Crippen molar-refractivity contribution in [3.8, 4) is 28.6 Å². The van der Waals surface area contributed by atoms with Gasteiger partial charge in [-0.25, -0.2) is 0 Å². The van der Waals surface area contributed by atoms with Gasteiger partial charge in [0.1, 0.15) is 76.7 Å². The molecule has 2 aromatic carbocycles. The first-order valence-electron chi connectivity index (χ1n) is 12.3. The molecule has 216 valence electrons. The van der Waals surface area contributed by atoms with Crippen LogP contribution in [-0.4, -0.2) is 109 Å². The Kier molecular flexibility index (Phi) is 7.96. The van der Waals surface area contributed by atoms with Crippen molar-refractivity contribution in [2.75, 3.05) is 13.2 Å². The maximum absolute atomic E-state index is 12.7. The van der Waals surface area contributed by atoms with Gasteiger partial charge < -0.3 is 64.2 Å². The summed E-state index contributed by atoms with van der Waals surface area (Å²) in [6, 6.07) is 9.39. The quantitative estimate of drug-likeness (QED) is 0.164. The number of phenolic OH excluding ortho intramolecular Hbond substituents is 2. The van der Waals surface area contributed by atoms with Gasteiger partial charge in [-0.05, 0) is 24.3 Å². The Morgan fingerprint density at radius 3 is 2.10 bits per heavy atom. The van der Waals surface area contributed by atoms with Crippen LogP contribution in [-0.2, 0) is 14.2 Å². The Morgan fingerprint density at radius 1 is 0.775 bits per heavy atom. The monoisotopic (exact) mass is 564 g/mol. The lowest BCUT2D eigenvalue weighted by Gasteiger charge is -2.40. The maximum Gasteiger partial charge on any atom is 0.229 e. The normalized spacial score (nSPS) is 32.4. The van der Waals surface area contributed by atoms with Gasteiger partial charge in [-0.2, -0.15) is 0 Å². The topological polar surface area (TPSA) is 229 Å². The van der Waals surface area contributed by atoms with Crippen LogP contribution in [0.25, 0.3) is 22.3 Å². The van der Waals surface area contributed by atoms with Crippen molar-refractivity contribution >= 4 is 11.0 Å². The third kappa shape index (κ3) is 5.36. The molecule has 0 spiro atoms. The zero-order chi connectivity index (χ0) is 28.7. The van der Waals surface area contributed by atoms with Gasteiger partial charge in [-0.15, -0.1) is 0 Å². The minimum absolute atomic E-state index is 0.0150. The summed E-state index contributed by atoms with van der Waals surface area (Å²) in [5.74, 6) is -0.454. The number of ether oxygens (including phenoxy) is 4. The van der Waals surface area contributed by atoms with E-state index in [-0.39, 0.29) is 28.2 Å². The summed E-state index contributed by atoms with van der Waals surface area (Å²) in [6.45, 7) is -1.05. The number of hydrogen-bond acceptors (Lipinski definition) is 14. The predicted octanol–water partition coefficient (Wildman–Crippen LogP) is -1.49. The minimum atomic E-state index is -1.76. The number of fused-ring (bicyclic) bond motifs is 1. The molecule has 14 nitrogen and oxygen atoms in total. The van der Waals surface area contributed by atoms with Crippen molar-refractivity contribution in [3.63, 3.8) is 0 Å². The second-order valence-electron chi connectivity index (χ2n) is 9.51. The highest BCUT2D eigenvalue weighted by atomic mass is 16.7. The van der Waals surface area contributed by atoms with Crippen LogP contribution in [0.1, 0.15) is 0 Å². The molecular weight excluding hydrogens is 536 g/mol. The van der Waals surface area contributed by atoms with E-state index in [1.54, 1.807) is 0 Å². The Balaban J connectivity index is 1.35. The smallest absolute Gasteiger partial charge is 0.229 e. The van der Waals surface area contributed by atoms with E-state index in [9.17, 15) is 45.6 Å². The number of aliphatic hydroxyl groups excluding tert-OH is 6. The lowest BCUT2D eigenvalue weighted by atomic mass is 9.99. The summed E-state index contributed by atoms with van der Waals surface area (Å²) in [5.41, 5.74) is -0.147. The third-order valence-electron chi connectivity index (χ3n) is 6.78. The highest BCUT2D eigenvalue weighted by Gasteiger charge is 2.47. The Labute approximate surface area is 225 Å². The van der Waals surface area contributed by atoms with Gasteiger partial charge in [0.05, 0.1) is 13.2 Å². The average molecular weight is 564 g/mol. The number of aliphatic hydroxyl groups is 6. The summed E-state index contributed by atoms with van der Waals surface area (Å²) < 4.78 is 27.6. The molecule has 14 heteroatoms. The first kappa shape index (κ1) is 28.2. The van der Waals surface area contributed by atoms with Crippen molar-refractivity contribution in [1.82, 2.24) is 0 Å². The number of phenols is 2. The first-order valence-corrected chi connectivity index (χ1v) is 12.3. The van der Waals surface area contributed by atoms with Gasteiger partial charge in [0, 0.05) is 23.8 Å². The van der Waals surface area contributed by atoms with Crippen LogP contribution in [0.3, 0.4) is 0 Å². The molecule has 2 aliphatic rings. The molecule has 0 unspecified atom stereocenters. The number of benzene rings is 2. The van der Waals surface area contributed by atoms with Gasteiger partial charge in [0.2, 0.25) is 6.29 Å². The third-order valence-corrected chi connectivity index (χ3v) is 6.78. The first-order chi connectivity index (χ1) is 19.1. The van der Waals surface area contributed by atoms with Crippen molar-refractivity contribution < 1.29 is 64.2 Å². The van der Waals surface area contributed by atoms with E-state index in [4.69, 9.17) is 23.4 Å². The van der Waals surface area contributed by atoms with Gasteiger partial charge >= 0.3 is 0 Å². The molecular formula is C26H28O14. The van der Waals surface area contributed by atoms with E-state index in [0.717, 1.165) is 6.07 Å². The van der Waals surface area contributed by atoms with E-state index < -0.39 is 79.7 Å². The molecule has 1 aromatic heterocycles. The second-order valence-corrected chi connectivity index (χ2v) is 9.51. The zero-order valence-corrected chi connectivity index (χ0v) is 20.7. The zero-order valence-electron chi connectivity index (χ0n) is 20.7. The fourth-order valence-corrected chi connectivity index (χ4v) is 4.56. The fraction of sp³-hybridized carbons (Fsp3) is 0.423. The van der Waals surface area contributed by atoms with E-state index in [2.05, 4.69) is 0 Å². The molecule has 0 saturated carbocycles. The van der Waals surface area contributed by atoms with Crippen LogP contribution in [0.4, 0.5) is 0 Å². The highest BCUT2D eigenvalue weighted by Crippen LogP contribution is 2.34. The SMILES string of the molecule is O=c1cc(-c2ccc(O)cc2)oc2cc(O[C@@H]3O[C@@H](CO[C@@H]4O[C@H](CO)[C@H](O)[C@H]4O)[C@@H](O)[C@H](O)[C@@H]3O)cc(O)c12. The summed E-state index contributed by atoms with van der Waals surface area (Å²) in [6.07, 6.45) is -13.4. The summed E-state index contributed by atoms with van der Waals surface area (Å²) in [4.78, 5) is 12.7. The number of rotatable bonds is 7. The molecule has 3 heterocycles. The van der Waals surface area contributed by atoms with Gasteiger partial charge in [-0.3, -0.25) is 4.79 Å². The van der Waals surface area contributed by atoms with Crippen LogP contribution >= 0.6 is 0 Å². The average Bonchev–Trinajstić information content (AvgIpc) is 3.20. The maximum atomic E-state index is 12.7. The van der Waals surface area contributed by atoms with Crippen molar-refractivity contribution in [1.29, 1.82) is 0 Å². The molecule has 8 N–H and O–H groups in total. The molecule has 5 rings (SSSR count). The van der Waals surface area contributed by atoms with Gasteiger partial charge in [0.15, 0.2) is 11.7 Å². The van der Waals surface area contributed by atoms with E-state index in [1.165, 1.54) is 36.4 Å². The molecule has 40 heavy (non-hydrogen) atoms. The number of hydrogen-bond donors (Lipinski definition) is 8. The molecule has 0 amide bonds. The highest BCUT2D eigenvalue weighted by molar-refractivity contribution is 5.86. The second kappa shape index (κ2) is 11.3. The van der Waals surface area contributed by atoms with Gasteiger partial charge in [0.25, 0.3) is 0 Å². The Bertz CT molecular complexity index is 1390. The van der Waals surface area contributed by atoms with Crippen LogP contribution in [0, 0.1) is 0 Å². The van der Waals surface area contributed by atoms with Crippen LogP contribution < -0.4 is 10.2 Å². The summed E-state index contributed by atoms with van der Waals surface area (Å²) in [7, 11) is 0. The van der Waals surface area contributed by atoms with Crippen molar-refractivity contribution in [2.45, 2.75) is 55.3 Å². The lowest BCUT2D eigenvalue weighted by Crippen LogP contribution is -2.60. The van der Waals surface area contributed by atoms with Gasteiger partial charge in [-0.1, -0.05) is 0 Å².